The molecule has 166 valence electrons. The van der Waals surface area contributed by atoms with Crippen LogP contribution in [0.25, 0.3) is 0 Å². The van der Waals surface area contributed by atoms with Crippen molar-refractivity contribution in [1.29, 1.82) is 0 Å². The van der Waals surface area contributed by atoms with Crippen LogP contribution >= 0.6 is 0 Å². The van der Waals surface area contributed by atoms with Crippen LogP contribution < -0.4 is 4.90 Å². The monoisotopic (exact) mass is 428 g/mol. The summed E-state index contributed by atoms with van der Waals surface area (Å²) in [6, 6.07) is 23.6. The fourth-order valence-corrected chi connectivity index (χ4v) is 3.69. The van der Waals surface area contributed by atoms with Crippen LogP contribution in [0.5, 0.6) is 0 Å². The molecule has 3 aromatic rings. The lowest BCUT2D eigenvalue weighted by Crippen LogP contribution is -2.30. The number of aryl methyl sites for hydroxylation is 2. The molecule has 2 amide bonds. The number of rotatable bonds is 8. The number of benzene rings is 3. The van der Waals surface area contributed by atoms with Crippen molar-refractivity contribution in [3.8, 4) is 0 Å². The van der Waals surface area contributed by atoms with Gasteiger partial charge in [0.2, 0.25) is 5.91 Å². The summed E-state index contributed by atoms with van der Waals surface area (Å²) in [6.45, 7) is 7.36. The van der Waals surface area contributed by atoms with Crippen molar-refractivity contribution in [3.63, 3.8) is 0 Å². The normalized spacial score (nSPS) is 10.6. The first-order chi connectivity index (χ1) is 15.4. The molecule has 0 atom stereocenters. The van der Waals surface area contributed by atoms with Gasteiger partial charge in [-0.05, 0) is 55.7 Å². The zero-order valence-electron chi connectivity index (χ0n) is 19.5. The highest BCUT2D eigenvalue weighted by Gasteiger charge is 2.19. The van der Waals surface area contributed by atoms with Crippen molar-refractivity contribution in [2.24, 2.45) is 0 Å². The standard InChI is InChI=1S/C28H32N2O2/c1-5-17-29(4)27(31)19-23-11-15-26(16-12-23)30(20-24-8-6-7-22(3)18-24)28(32)25-13-9-21(2)10-14-25/h6-16,18H,5,17,19-20H2,1-4H3. The van der Waals surface area contributed by atoms with E-state index in [-0.39, 0.29) is 11.8 Å². The summed E-state index contributed by atoms with van der Waals surface area (Å²) < 4.78 is 0. The molecule has 0 saturated heterocycles. The maximum absolute atomic E-state index is 13.4. The minimum atomic E-state index is -0.0435. The molecule has 0 spiro atoms. The van der Waals surface area contributed by atoms with Gasteiger partial charge in [0.25, 0.3) is 5.91 Å². The van der Waals surface area contributed by atoms with E-state index in [1.54, 1.807) is 9.80 Å². The molecule has 0 bridgehead atoms. The zero-order chi connectivity index (χ0) is 23.1. The van der Waals surface area contributed by atoms with Crippen LogP contribution in [0.2, 0.25) is 0 Å². The lowest BCUT2D eigenvalue weighted by Gasteiger charge is -2.24. The van der Waals surface area contributed by atoms with Gasteiger partial charge in [0, 0.05) is 24.8 Å². The van der Waals surface area contributed by atoms with Gasteiger partial charge in [-0.2, -0.15) is 0 Å². The molecule has 0 saturated carbocycles. The summed E-state index contributed by atoms with van der Waals surface area (Å²) in [7, 11) is 1.84. The van der Waals surface area contributed by atoms with E-state index in [2.05, 4.69) is 26.0 Å². The van der Waals surface area contributed by atoms with Gasteiger partial charge in [0.05, 0.1) is 13.0 Å². The van der Waals surface area contributed by atoms with Gasteiger partial charge in [0.15, 0.2) is 0 Å². The summed E-state index contributed by atoms with van der Waals surface area (Å²) >= 11 is 0. The summed E-state index contributed by atoms with van der Waals surface area (Å²) in [5.41, 5.74) is 5.77. The average molecular weight is 429 g/mol. The lowest BCUT2D eigenvalue weighted by molar-refractivity contribution is -0.129. The molecular formula is C28H32N2O2. The Balaban J connectivity index is 1.86. The predicted octanol–water partition coefficient (Wildman–Crippen LogP) is 5.56. The van der Waals surface area contributed by atoms with Gasteiger partial charge in [-0.25, -0.2) is 0 Å². The van der Waals surface area contributed by atoms with Crippen LogP contribution in [0.1, 0.15) is 46.0 Å². The third kappa shape index (κ3) is 6.07. The van der Waals surface area contributed by atoms with Crippen LogP contribution in [-0.2, 0) is 17.8 Å². The van der Waals surface area contributed by atoms with Crippen LogP contribution in [0.15, 0.2) is 72.8 Å². The number of hydrogen-bond donors (Lipinski definition) is 0. The molecule has 0 N–H and O–H groups in total. The Bertz CT molecular complexity index is 1060. The van der Waals surface area contributed by atoms with Gasteiger partial charge in [0.1, 0.15) is 0 Å². The second kappa shape index (κ2) is 10.8. The molecule has 0 fully saturated rings. The quantitative estimate of drug-likeness (QED) is 0.471. The molecule has 4 heteroatoms. The molecular weight excluding hydrogens is 396 g/mol. The lowest BCUT2D eigenvalue weighted by atomic mass is 10.1. The molecule has 0 heterocycles. The minimum absolute atomic E-state index is 0.0435. The molecule has 0 unspecified atom stereocenters. The van der Waals surface area contributed by atoms with E-state index in [0.717, 1.165) is 40.9 Å². The highest BCUT2D eigenvalue weighted by molar-refractivity contribution is 6.06. The van der Waals surface area contributed by atoms with Gasteiger partial charge in [-0.15, -0.1) is 0 Å². The van der Waals surface area contributed by atoms with Gasteiger partial charge in [-0.1, -0.05) is 66.6 Å². The number of anilines is 1. The van der Waals surface area contributed by atoms with Crippen LogP contribution in [0.4, 0.5) is 5.69 Å². The fourth-order valence-electron chi connectivity index (χ4n) is 3.69. The maximum atomic E-state index is 13.4. The van der Waals surface area contributed by atoms with Crippen LogP contribution in [0, 0.1) is 13.8 Å². The van der Waals surface area contributed by atoms with Gasteiger partial charge in [-0.3, -0.25) is 9.59 Å². The summed E-state index contributed by atoms with van der Waals surface area (Å²) in [5, 5.41) is 0. The zero-order valence-corrected chi connectivity index (χ0v) is 19.5. The van der Waals surface area contributed by atoms with Crippen molar-refractivity contribution in [2.75, 3.05) is 18.5 Å². The Hall–Kier alpha value is -3.40. The first kappa shape index (κ1) is 23.3. The smallest absolute Gasteiger partial charge is 0.258 e. The predicted molar refractivity (Wildman–Crippen MR) is 131 cm³/mol. The third-order valence-corrected chi connectivity index (χ3v) is 5.55. The molecule has 3 rings (SSSR count). The molecule has 0 aliphatic rings. The number of carbonyl (C=O) groups is 2. The number of amides is 2. The number of carbonyl (C=O) groups excluding carboxylic acids is 2. The van der Waals surface area contributed by atoms with Crippen LogP contribution in [0.3, 0.4) is 0 Å². The minimum Gasteiger partial charge on any atom is -0.345 e. The van der Waals surface area contributed by atoms with Crippen LogP contribution in [-0.4, -0.2) is 30.3 Å². The van der Waals surface area contributed by atoms with E-state index in [9.17, 15) is 9.59 Å². The number of nitrogens with zero attached hydrogens (tertiary/aromatic N) is 2. The highest BCUT2D eigenvalue weighted by atomic mass is 16.2. The molecule has 0 aromatic heterocycles. The van der Waals surface area contributed by atoms with Gasteiger partial charge >= 0.3 is 0 Å². The van der Waals surface area contributed by atoms with E-state index in [4.69, 9.17) is 0 Å². The van der Waals surface area contributed by atoms with E-state index < -0.39 is 0 Å². The van der Waals surface area contributed by atoms with E-state index in [1.165, 1.54) is 0 Å². The van der Waals surface area contributed by atoms with Crippen molar-refractivity contribution in [3.05, 3.63) is 101 Å². The topological polar surface area (TPSA) is 40.6 Å². The SMILES string of the molecule is CCCN(C)C(=O)Cc1ccc(N(Cc2cccc(C)c2)C(=O)c2ccc(C)cc2)cc1. The first-order valence-electron chi connectivity index (χ1n) is 11.1. The fraction of sp³-hybridized carbons (Fsp3) is 0.286. The highest BCUT2D eigenvalue weighted by Crippen LogP contribution is 2.22. The first-order valence-corrected chi connectivity index (χ1v) is 11.1. The molecule has 0 aliphatic carbocycles. The summed E-state index contributed by atoms with van der Waals surface area (Å²) in [6.07, 6.45) is 1.30. The molecule has 0 radical (unpaired) electrons. The molecule has 4 nitrogen and oxygen atoms in total. The molecule has 32 heavy (non-hydrogen) atoms. The summed E-state index contributed by atoms with van der Waals surface area (Å²) in [5.74, 6) is 0.0601. The summed E-state index contributed by atoms with van der Waals surface area (Å²) in [4.78, 5) is 29.4. The second-order valence-corrected chi connectivity index (χ2v) is 8.40. The Morgan fingerprint density at radius 3 is 2.12 bits per heavy atom. The van der Waals surface area contributed by atoms with E-state index in [0.29, 0.717) is 18.5 Å². The maximum Gasteiger partial charge on any atom is 0.258 e. The molecule has 3 aromatic carbocycles. The number of hydrogen-bond acceptors (Lipinski definition) is 2. The van der Waals surface area contributed by atoms with Crippen molar-refractivity contribution < 1.29 is 9.59 Å². The number of likely N-dealkylation sites (N-methyl/N-ethyl adjacent to an activating group) is 1. The van der Waals surface area contributed by atoms with Crippen molar-refractivity contribution in [2.45, 2.75) is 40.2 Å². The van der Waals surface area contributed by atoms with Crippen molar-refractivity contribution >= 4 is 17.5 Å². The Labute approximate surface area is 191 Å². The Morgan fingerprint density at radius 2 is 1.50 bits per heavy atom. The largest absolute Gasteiger partial charge is 0.345 e. The van der Waals surface area contributed by atoms with Crippen molar-refractivity contribution in [1.82, 2.24) is 4.90 Å². The van der Waals surface area contributed by atoms with E-state index in [1.807, 2.05) is 74.6 Å². The average Bonchev–Trinajstić information content (AvgIpc) is 2.78. The van der Waals surface area contributed by atoms with Gasteiger partial charge < -0.3 is 9.80 Å². The molecule has 0 aliphatic heterocycles. The second-order valence-electron chi connectivity index (χ2n) is 8.40. The van der Waals surface area contributed by atoms with E-state index >= 15 is 0 Å². The Kier molecular flexibility index (Phi) is 7.82. The Morgan fingerprint density at radius 1 is 0.812 bits per heavy atom. The third-order valence-electron chi connectivity index (χ3n) is 5.55.